The number of carbonyl (C=O) groups excluding carboxylic acids is 1. The SMILES string of the molecule is CCCCOCCCNC(=O)c1ccc(NS(=O)(=O)/C=C/c2ccccc2)cc1. The van der Waals surface area contributed by atoms with Crippen LogP contribution in [0.25, 0.3) is 6.08 Å². The topological polar surface area (TPSA) is 84.5 Å². The van der Waals surface area contributed by atoms with E-state index < -0.39 is 10.0 Å². The summed E-state index contributed by atoms with van der Waals surface area (Å²) < 4.78 is 32.3. The number of nitrogens with one attached hydrogen (secondary N) is 2. The fourth-order valence-corrected chi connectivity index (χ4v) is 3.32. The fourth-order valence-electron chi connectivity index (χ4n) is 2.45. The Hall–Kier alpha value is -2.64. The van der Waals surface area contributed by atoms with E-state index in [9.17, 15) is 13.2 Å². The summed E-state index contributed by atoms with van der Waals surface area (Å²) >= 11 is 0. The predicted octanol–water partition coefficient (Wildman–Crippen LogP) is 4.04. The number of anilines is 1. The van der Waals surface area contributed by atoms with Crippen LogP contribution in [-0.2, 0) is 14.8 Å². The van der Waals surface area contributed by atoms with E-state index in [1.54, 1.807) is 24.3 Å². The van der Waals surface area contributed by atoms with Gasteiger partial charge in [-0.25, -0.2) is 8.42 Å². The van der Waals surface area contributed by atoms with Crippen LogP contribution < -0.4 is 10.0 Å². The largest absolute Gasteiger partial charge is 0.381 e. The monoisotopic (exact) mass is 416 g/mol. The van der Waals surface area contributed by atoms with Crippen molar-refractivity contribution >= 4 is 27.7 Å². The van der Waals surface area contributed by atoms with Crippen LogP contribution in [0.4, 0.5) is 5.69 Å². The van der Waals surface area contributed by atoms with Gasteiger partial charge in [0.05, 0.1) is 5.41 Å². The van der Waals surface area contributed by atoms with Gasteiger partial charge in [-0.2, -0.15) is 0 Å². The van der Waals surface area contributed by atoms with Crippen molar-refractivity contribution in [1.29, 1.82) is 0 Å². The number of amides is 1. The van der Waals surface area contributed by atoms with Crippen molar-refractivity contribution in [3.8, 4) is 0 Å². The first kappa shape index (κ1) is 22.6. The lowest BCUT2D eigenvalue weighted by atomic mass is 10.2. The van der Waals surface area contributed by atoms with Gasteiger partial charge in [-0.15, -0.1) is 0 Å². The second-order valence-electron chi connectivity index (χ2n) is 6.51. The summed E-state index contributed by atoms with van der Waals surface area (Å²) in [6.45, 7) is 4.02. The molecule has 0 spiro atoms. The lowest BCUT2D eigenvalue weighted by Gasteiger charge is -2.08. The van der Waals surface area contributed by atoms with Gasteiger partial charge >= 0.3 is 0 Å². The maximum atomic E-state index is 12.2. The van der Waals surface area contributed by atoms with Crippen LogP contribution in [-0.4, -0.2) is 34.1 Å². The highest BCUT2D eigenvalue weighted by Gasteiger charge is 2.08. The minimum Gasteiger partial charge on any atom is -0.381 e. The average molecular weight is 417 g/mol. The highest BCUT2D eigenvalue weighted by Crippen LogP contribution is 2.13. The highest BCUT2D eigenvalue weighted by molar-refractivity contribution is 7.95. The van der Waals surface area contributed by atoms with Gasteiger partial charge in [-0.3, -0.25) is 9.52 Å². The van der Waals surface area contributed by atoms with Gasteiger partial charge in [0.1, 0.15) is 0 Å². The second-order valence-corrected chi connectivity index (χ2v) is 8.08. The van der Waals surface area contributed by atoms with Crippen LogP contribution in [0.2, 0.25) is 0 Å². The van der Waals surface area contributed by atoms with Crippen LogP contribution in [0.15, 0.2) is 60.0 Å². The first-order valence-electron chi connectivity index (χ1n) is 9.72. The van der Waals surface area contributed by atoms with Gasteiger partial charge in [0.2, 0.25) is 0 Å². The molecule has 0 aliphatic heterocycles. The molecule has 0 heterocycles. The van der Waals surface area contributed by atoms with Gasteiger partial charge < -0.3 is 10.1 Å². The molecule has 0 bridgehead atoms. The van der Waals surface area contributed by atoms with Crippen molar-refractivity contribution in [3.63, 3.8) is 0 Å². The van der Waals surface area contributed by atoms with Gasteiger partial charge in [0.15, 0.2) is 0 Å². The van der Waals surface area contributed by atoms with Crippen molar-refractivity contribution in [1.82, 2.24) is 5.32 Å². The third kappa shape index (κ3) is 8.93. The number of carbonyl (C=O) groups is 1. The molecule has 29 heavy (non-hydrogen) atoms. The molecule has 2 N–H and O–H groups in total. The van der Waals surface area contributed by atoms with Gasteiger partial charge in [-0.05, 0) is 48.7 Å². The molecule has 0 radical (unpaired) electrons. The first-order chi connectivity index (χ1) is 14.0. The maximum absolute atomic E-state index is 12.2. The molecular weight excluding hydrogens is 388 g/mol. The molecule has 0 saturated carbocycles. The standard InChI is InChI=1S/C22H28N2O4S/c1-2-3-16-28-17-7-15-23-22(25)20-10-12-21(13-11-20)24-29(26,27)18-14-19-8-5-4-6-9-19/h4-6,8-14,18,24H,2-3,7,15-17H2,1H3,(H,23,25)/b18-14+. The van der Waals surface area contributed by atoms with E-state index in [0.717, 1.165) is 36.8 Å². The predicted molar refractivity (Wildman–Crippen MR) is 117 cm³/mol. The summed E-state index contributed by atoms with van der Waals surface area (Å²) in [6, 6.07) is 15.5. The number of benzene rings is 2. The zero-order valence-corrected chi connectivity index (χ0v) is 17.5. The fraction of sp³-hybridized carbons (Fsp3) is 0.318. The van der Waals surface area contributed by atoms with Gasteiger partial charge in [0.25, 0.3) is 15.9 Å². The number of unbranched alkanes of at least 4 members (excludes halogenated alkanes) is 1. The Labute approximate surface area is 173 Å². The number of hydrogen-bond donors (Lipinski definition) is 2. The van der Waals surface area contributed by atoms with Crippen LogP contribution in [0.3, 0.4) is 0 Å². The summed E-state index contributed by atoms with van der Waals surface area (Å²) in [7, 11) is -3.64. The molecule has 2 aromatic carbocycles. The molecule has 0 aliphatic carbocycles. The van der Waals surface area contributed by atoms with Crippen LogP contribution in [0.5, 0.6) is 0 Å². The summed E-state index contributed by atoms with van der Waals surface area (Å²) in [5.74, 6) is -0.197. The minimum atomic E-state index is -3.64. The molecule has 0 aliphatic rings. The summed E-state index contributed by atoms with van der Waals surface area (Å²) in [5, 5.41) is 3.94. The maximum Gasteiger partial charge on any atom is 0.255 e. The van der Waals surface area contributed by atoms with E-state index in [4.69, 9.17) is 4.74 Å². The molecule has 0 aromatic heterocycles. The van der Waals surface area contributed by atoms with E-state index >= 15 is 0 Å². The van der Waals surface area contributed by atoms with Crippen LogP contribution >= 0.6 is 0 Å². The van der Waals surface area contributed by atoms with Crippen molar-refractivity contribution in [2.45, 2.75) is 26.2 Å². The number of rotatable bonds is 12. The Kier molecular flexibility index (Phi) is 9.40. The lowest BCUT2D eigenvalue weighted by Crippen LogP contribution is -2.25. The van der Waals surface area contributed by atoms with Gasteiger partial charge in [0, 0.05) is 31.0 Å². The molecule has 7 heteroatoms. The molecular formula is C22H28N2O4S. The van der Waals surface area contributed by atoms with Crippen molar-refractivity contribution in [2.24, 2.45) is 0 Å². The van der Waals surface area contributed by atoms with Crippen LogP contribution in [0.1, 0.15) is 42.1 Å². The van der Waals surface area contributed by atoms with E-state index in [0.29, 0.717) is 24.4 Å². The molecule has 156 valence electrons. The Balaban J connectivity index is 1.80. The van der Waals surface area contributed by atoms with Crippen molar-refractivity contribution in [3.05, 3.63) is 71.1 Å². The third-order valence-corrected chi connectivity index (χ3v) is 5.05. The van der Waals surface area contributed by atoms with Gasteiger partial charge in [-0.1, -0.05) is 43.7 Å². The van der Waals surface area contributed by atoms with Crippen molar-refractivity contribution < 1.29 is 17.9 Å². The summed E-state index contributed by atoms with van der Waals surface area (Å²) in [6.07, 6.45) is 4.42. The summed E-state index contributed by atoms with van der Waals surface area (Å²) in [4.78, 5) is 12.1. The zero-order chi connectivity index (χ0) is 21.0. The molecule has 0 fully saturated rings. The van der Waals surface area contributed by atoms with E-state index in [1.807, 2.05) is 30.3 Å². The Morgan fingerprint density at radius 3 is 2.38 bits per heavy atom. The molecule has 0 atom stereocenters. The third-order valence-electron chi connectivity index (χ3n) is 4.04. The van der Waals surface area contributed by atoms with E-state index in [2.05, 4.69) is 17.0 Å². The average Bonchev–Trinajstić information content (AvgIpc) is 2.72. The molecule has 2 rings (SSSR count). The summed E-state index contributed by atoms with van der Waals surface area (Å²) in [5.41, 5.74) is 1.66. The first-order valence-corrected chi connectivity index (χ1v) is 11.3. The second kappa shape index (κ2) is 12.0. The molecule has 1 amide bonds. The number of ether oxygens (including phenoxy) is 1. The Morgan fingerprint density at radius 2 is 1.69 bits per heavy atom. The minimum absolute atomic E-state index is 0.197. The molecule has 0 unspecified atom stereocenters. The number of hydrogen-bond acceptors (Lipinski definition) is 4. The Morgan fingerprint density at radius 1 is 1.00 bits per heavy atom. The molecule has 2 aromatic rings. The van der Waals surface area contributed by atoms with E-state index in [-0.39, 0.29) is 5.91 Å². The Bertz CT molecular complexity index is 879. The lowest BCUT2D eigenvalue weighted by molar-refractivity contribution is 0.0940. The zero-order valence-electron chi connectivity index (χ0n) is 16.6. The van der Waals surface area contributed by atoms with Crippen LogP contribution in [0, 0.1) is 0 Å². The quantitative estimate of drug-likeness (QED) is 0.512. The van der Waals surface area contributed by atoms with Crippen molar-refractivity contribution in [2.75, 3.05) is 24.5 Å². The molecule has 0 saturated heterocycles. The highest BCUT2D eigenvalue weighted by atomic mass is 32.2. The number of sulfonamides is 1. The van der Waals surface area contributed by atoms with E-state index in [1.165, 1.54) is 6.08 Å². The molecule has 6 nitrogen and oxygen atoms in total. The normalized spacial score (nSPS) is 11.5. The smallest absolute Gasteiger partial charge is 0.255 e.